The normalized spacial score (nSPS) is 14.3. The quantitative estimate of drug-likeness (QED) is 0.569. The third kappa shape index (κ3) is 4.20. The fourth-order valence-corrected chi connectivity index (χ4v) is 2.56. The van der Waals surface area contributed by atoms with Crippen molar-refractivity contribution in [3.8, 4) is 5.75 Å². The van der Waals surface area contributed by atoms with Crippen LogP contribution in [0.4, 0.5) is 0 Å². The third-order valence-electron chi connectivity index (χ3n) is 3.46. The topological polar surface area (TPSA) is 55.6 Å². The van der Waals surface area contributed by atoms with Crippen LogP contribution in [0.3, 0.4) is 0 Å². The Kier molecular flexibility index (Phi) is 5.95. The lowest BCUT2D eigenvalue weighted by Crippen LogP contribution is -2.39. The van der Waals surface area contributed by atoms with Crippen molar-refractivity contribution in [2.45, 2.75) is 25.8 Å². The van der Waals surface area contributed by atoms with Gasteiger partial charge in [-0.2, -0.15) is 0 Å². The van der Waals surface area contributed by atoms with Gasteiger partial charge in [-0.05, 0) is 37.7 Å². The van der Waals surface area contributed by atoms with Gasteiger partial charge >= 0.3 is 0 Å². The summed E-state index contributed by atoms with van der Waals surface area (Å²) >= 11 is 0. The van der Waals surface area contributed by atoms with E-state index in [1.807, 2.05) is 57.1 Å². The highest BCUT2D eigenvalue weighted by molar-refractivity contribution is 5.30. The molecule has 0 spiro atoms. The molecule has 0 aliphatic rings. The summed E-state index contributed by atoms with van der Waals surface area (Å²) in [6.07, 6.45) is 0. The minimum atomic E-state index is -0.613. The van der Waals surface area contributed by atoms with E-state index >= 15 is 0 Å². The molecule has 1 unspecified atom stereocenters. The van der Waals surface area contributed by atoms with Crippen LogP contribution in [0.25, 0.3) is 0 Å². The predicted octanol–water partition coefficient (Wildman–Crippen LogP) is 2.64. The summed E-state index contributed by atoms with van der Waals surface area (Å²) in [4.78, 5) is 13.1. The van der Waals surface area contributed by atoms with Crippen molar-refractivity contribution in [2.24, 2.45) is 5.92 Å². The van der Waals surface area contributed by atoms with Crippen LogP contribution >= 0.6 is 0 Å². The van der Waals surface area contributed by atoms with Crippen molar-refractivity contribution in [1.82, 2.24) is 4.90 Å². The Labute approximate surface area is 120 Å². The number of rotatable bonds is 7. The number of ether oxygens (including phenoxy) is 1. The van der Waals surface area contributed by atoms with Gasteiger partial charge in [-0.15, -0.1) is 0 Å². The molecular formula is C15H24N2O3. The Morgan fingerprint density at radius 3 is 2.15 bits per heavy atom. The molecule has 0 aliphatic carbocycles. The molecule has 5 heteroatoms. The highest BCUT2D eigenvalue weighted by Crippen LogP contribution is 2.31. The van der Waals surface area contributed by atoms with E-state index in [-0.39, 0.29) is 16.8 Å². The molecule has 1 aromatic carbocycles. The lowest BCUT2D eigenvalue weighted by atomic mass is 9.82. The van der Waals surface area contributed by atoms with E-state index in [9.17, 15) is 10.1 Å². The molecule has 112 valence electrons. The number of nitrogens with zero attached hydrogens (tertiary/aromatic N) is 2. The fraction of sp³-hybridized carbons (Fsp3) is 0.600. The number of hydrogen-bond donors (Lipinski definition) is 0. The molecule has 0 saturated carbocycles. The van der Waals surface area contributed by atoms with Gasteiger partial charge in [0.2, 0.25) is 6.04 Å². The van der Waals surface area contributed by atoms with E-state index in [0.717, 1.165) is 11.3 Å². The van der Waals surface area contributed by atoms with Gasteiger partial charge in [-0.1, -0.05) is 26.0 Å². The first-order valence-electron chi connectivity index (χ1n) is 6.79. The van der Waals surface area contributed by atoms with Gasteiger partial charge in [0.05, 0.1) is 19.6 Å². The minimum absolute atomic E-state index is 0.113. The minimum Gasteiger partial charge on any atom is -0.497 e. The molecule has 0 amide bonds. The van der Waals surface area contributed by atoms with E-state index in [1.165, 1.54) is 0 Å². The van der Waals surface area contributed by atoms with E-state index in [2.05, 4.69) is 0 Å². The molecule has 0 bridgehead atoms. The maximum atomic E-state index is 11.4. The van der Waals surface area contributed by atoms with Crippen LogP contribution in [0.1, 0.15) is 25.3 Å². The lowest BCUT2D eigenvalue weighted by molar-refractivity contribution is -0.528. The molecule has 1 aromatic rings. The number of hydrogen-bond acceptors (Lipinski definition) is 4. The summed E-state index contributed by atoms with van der Waals surface area (Å²) in [6, 6.07) is 6.96. The van der Waals surface area contributed by atoms with Crippen molar-refractivity contribution in [3.63, 3.8) is 0 Å². The summed E-state index contributed by atoms with van der Waals surface area (Å²) in [5.74, 6) is 0.846. The second-order valence-electron chi connectivity index (χ2n) is 5.66. The summed E-state index contributed by atoms with van der Waals surface area (Å²) in [5.41, 5.74) is 0.990. The SMILES string of the molecule is COc1ccc(C(C(C)C)[C@H](CN(C)C)[N+](=O)[O-])cc1. The lowest BCUT2D eigenvalue weighted by Gasteiger charge is -2.26. The molecule has 0 fully saturated rings. The molecule has 0 saturated heterocycles. The largest absolute Gasteiger partial charge is 0.497 e. The molecule has 2 atom stereocenters. The third-order valence-corrected chi connectivity index (χ3v) is 3.46. The second-order valence-corrected chi connectivity index (χ2v) is 5.66. The number of benzene rings is 1. The van der Waals surface area contributed by atoms with Crippen LogP contribution in [0, 0.1) is 16.0 Å². The first-order valence-corrected chi connectivity index (χ1v) is 6.79. The molecule has 0 radical (unpaired) electrons. The summed E-state index contributed by atoms with van der Waals surface area (Å²) in [5, 5.41) is 11.4. The van der Waals surface area contributed by atoms with Gasteiger partial charge in [0.1, 0.15) is 5.75 Å². The predicted molar refractivity (Wildman–Crippen MR) is 79.9 cm³/mol. The molecule has 0 heterocycles. The number of likely N-dealkylation sites (N-methyl/N-ethyl adjacent to an activating group) is 1. The zero-order valence-electron chi connectivity index (χ0n) is 12.9. The average Bonchev–Trinajstić information content (AvgIpc) is 2.37. The van der Waals surface area contributed by atoms with Gasteiger partial charge in [-0.3, -0.25) is 10.1 Å². The van der Waals surface area contributed by atoms with Gasteiger partial charge in [-0.25, -0.2) is 0 Å². The van der Waals surface area contributed by atoms with E-state index < -0.39 is 6.04 Å². The fourth-order valence-electron chi connectivity index (χ4n) is 2.56. The van der Waals surface area contributed by atoms with E-state index in [0.29, 0.717) is 6.54 Å². The van der Waals surface area contributed by atoms with Crippen molar-refractivity contribution in [3.05, 3.63) is 39.9 Å². The van der Waals surface area contributed by atoms with Gasteiger partial charge in [0.15, 0.2) is 0 Å². The van der Waals surface area contributed by atoms with Crippen LogP contribution in [0.5, 0.6) is 5.75 Å². The van der Waals surface area contributed by atoms with Crippen molar-refractivity contribution in [1.29, 1.82) is 0 Å². The molecule has 0 N–H and O–H groups in total. The standard InChI is InChI=1S/C15H24N2O3/c1-11(2)15(14(17(18)19)10-16(3)4)12-6-8-13(20-5)9-7-12/h6-9,11,14-15H,10H2,1-5H3/t14-,15?/m0/s1. The van der Waals surface area contributed by atoms with Crippen LogP contribution in [0.15, 0.2) is 24.3 Å². The zero-order valence-corrected chi connectivity index (χ0v) is 12.9. The summed E-state index contributed by atoms with van der Waals surface area (Å²) in [6.45, 7) is 4.49. The Bertz CT molecular complexity index is 429. The van der Waals surface area contributed by atoms with Crippen molar-refractivity contribution in [2.75, 3.05) is 27.7 Å². The second kappa shape index (κ2) is 7.24. The summed E-state index contributed by atoms with van der Waals surface area (Å²) < 4.78 is 5.14. The highest BCUT2D eigenvalue weighted by atomic mass is 16.6. The number of methoxy groups -OCH3 is 1. The molecule has 0 aliphatic heterocycles. The monoisotopic (exact) mass is 280 g/mol. The Morgan fingerprint density at radius 1 is 1.25 bits per heavy atom. The average molecular weight is 280 g/mol. The maximum Gasteiger partial charge on any atom is 0.232 e. The maximum absolute atomic E-state index is 11.4. The first-order chi connectivity index (χ1) is 9.36. The Hall–Kier alpha value is -1.62. The van der Waals surface area contributed by atoms with Crippen molar-refractivity contribution < 1.29 is 9.66 Å². The van der Waals surface area contributed by atoms with Gasteiger partial charge in [0, 0.05) is 4.92 Å². The molecule has 1 rings (SSSR count). The smallest absolute Gasteiger partial charge is 0.232 e. The molecular weight excluding hydrogens is 256 g/mol. The molecule has 20 heavy (non-hydrogen) atoms. The van der Waals surface area contributed by atoms with Crippen LogP contribution in [-0.4, -0.2) is 43.6 Å². The van der Waals surface area contributed by atoms with Crippen LogP contribution in [0.2, 0.25) is 0 Å². The molecule has 5 nitrogen and oxygen atoms in total. The Morgan fingerprint density at radius 2 is 1.80 bits per heavy atom. The van der Waals surface area contributed by atoms with Crippen molar-refractivity contribution >= 4 is 0 Å². The van der Waals surface area contributed by atoms with Gasteiger partial charge in [0.25, 0.3) is 0 Å². The van der Waals surface area contributed by atoms with E-state index in [4.69, 9.17) is 4.74 Å². The van der Waals surface area contributed by atoms with Crippen LogP contribution in [-0.2, 0) is 0 Å². The molecule has 0 aromatic heterocycles. The highest BCUT2D eigenvalue weighted by Gasteiger charge is 2.35. The van der Waals surface area contributed by atoms with Gasteiger partial charge < -0.3 is 9.64 Å². The van der Waals surface area contributed by atoms with E-state index in [1.54, 1.807) is 7.11 Å². The summed E-state index contributed by atoms with van der Waals surface area (Å²) in [7, 11) is 5.34. The first kappa shape index (κ1) is 16.4. The van der Waals surface area contributed by atoms with Crippen LogP contribution < -0.4 is 4.74 Å². The zero-order chi connectivity index (χ0) is 15.3. The number of nitro groups is 1. The Balaban J connectivity index is 3.09.